The van der Waals surface area contributed by atoms with Crippen molar-refractivity contribution in [2.45, 2.75) is 52.4 Å². The van der Waals surface area contributed by atoms with Crippen molar-refractivity contribution in [1.82, 2.24) is 5.32 Å². The van der Waals surface area contributed by atoms with E-state index in [0.29, 0.717) is 17.7 Å². The van der Waals surface area contributed by atoms with Crippen molar-refractivity contribution in [1.29, 1.82) is 0 Å². The molecule has 2 aromatic carbocycles. The Balaban J connectivity index is 1.89. The lowest BCUT2D eigenvalue weighted by molar-refractivity contribution is 0.0507. The lowest BCUT2D eigenvalue weighted by Crippen LogP contribution is -2.38. The quantitative estimate of drug-likeness (QED) is 0.694. The van der Waals surface area contributed by atoms with Gasteiger partial charge in [-0.2, -0.15) is 0 Å². The summed E-state index contributed by atoms with van der Waals surface area (Å²) in [6.45, 7) is 7.69. The zero-order chi connectivity index (χ0) is 21.4. The molecule has 0 heterocycles. The highest BCUT2D eigenvalue weighted by Crippen LogP contribution is 2.17. The van der Waals surface area contributed by atoms with E-state index in [1.54, 1.807) is 12.1 Å². The molecular formula is C23H29NO5. The number of carbonyl (C=O) groups excluding carboxylic acids is 2. The normalized spacial score (nSPS) is 12.0. The average molecular weight is 399 g/mol. The van der Waals surface area contributed by atoms with E-state index in [9.17, 15) is 9.59 Å². The van der Waals surface area contributed by atoms with E-state index in [-0.39, 0.29) is 18.6 Å². The van der Waals surface area contributed by atoms with Gasteiger partial charge in [-0.15, -0.1) is 0 Å². The molecule has 0 unspecified atom stereocenters. The van der Waals surface area contributed by atoms with Crippen LogP contribution in [0.4, 0.5) is 4.79 Å². The Morgan fingerprint density at radius 1 is 1.03 bits per heavy atom. The molecule has 2 aromatic rings. The molecule has 0 saturated heterocycles. The zero-order valence-corrected chi connectivity index (χ0v) is 17.7. The summed E-state index contributed by atoms with van der Waals surface area (Å²) in [5.74, 6) is 0.312. The van der Waals surface area contributed by atoms with Crippen LogP contribution in [0, 0.1) is 0 Å². The van der Waals surface area contributed by atoms with Crippen LogP contribution >= 0.6 is 0 Å². The number of carbonyl (C=O) groups is 2. The number of nitrogens with one attached hydrogen (secondary N) is 1. The smallest absolute Gasteiger partial charge is 0.407 e. The number of methoxy groups -OCH3 is 1. The van der Waals surface area contributed by atoms with E-state index >= 15 is 0 Å². The molecule has 156 valence electrons. The highest BCUT2D eigenvalue weighted by molar-refractivity contribution is 5.90. The van der Waals surface area contributed by atoms with Crippen LogP contribution in [0.2, 0.25) is 0 Å². The highest BCUT2D eigenvalue weighted by atomic mass is 16.6. The van der Waals surface area contributed by atoms with Crippen molar-refractivity contribution in [3.63, 3.8) is 0 Å². The maximum Gasteiger partial charge on any atom is 0.407 e. The molecule has 0 saturated carbocycles. The first-order valence-corrected chi connectivity index (χ1v) is 9.55. The molecule has 0 aromatic heterocycles. The van der Waals surface area contributed by atoms with Gasteiger partial charge in [-0.3, -0.25) is 0 Å². The van der Waals surface area contributed by atoms with Gasteiger partial charge in [0, 0.05) is 11.6 Å². The minimum atomic E-state index is -0.519. The molecule has 6 heteroatoms. The zero-order valence-electron chi connectivity index (χ0n) is 17.7. The van der Waals surface area contributed by atoms with E-state index in [2.05, 4.69) is 5.32 Å². The second kappa shape index (κ2) is 9.96. The maximum absolute atomic E-state index is 11.8. The molecule has 29 heavy (non-hydrogen) atoms. The van der Waals surface area contributed by atoms with Crippen LogP contribution in [0.5, 0.6) is 5.75 Å². The standard InChI is InChI=1S/C23H29NO5/c1-16(24-22(26)29-23(2,3)4)14-17-10-12-19(13-11-17)28-15-18-8-6-7-9-20(18)21(25)27-5/h6-13,16H,14-15H2,1-5H3,(H,24,26)/t16-/m1/s1. The molecule has 1 atom stereocenters. The van der Waals surface area contributed by atoms with Crippen LogP contribution in [0.25, 0.3) is 0 Å². The molecule has 0 bridgehead atoms. The van der Waals surface area contributed by atoms with Crippen LogP contribution < -0.4 is 10.1 Å². The first-order chi connectivity index (χ1) is 13.7. The summed E-state index contributed by atoms with van der Waals surface area (Å²) in [5, 5.41) is 2.83. The van der Waals surface area contributed by atoms with Crippen molar-refractivity contribution in [2.75, 3.05) is 7.11 Å². The molecule has 2 rings (SSSR count). The summed E-state index contributed by atoms with van der Waals surface area (Å²) in [6, 6.07) is 14.8. The number of rotatable bonds is 7. The summed E-state index contributed by atoms with van der Waals surface area (Å²) >= 11 is 0. The number of alkyl carbamates (subject to hydrolysis) is 1. The monoisotopic (exact) mass is 399 g/mol. The predicted octanol–water partition coefficient (Wildman–Crippen LogP) is 4.51. The van der Waals surface area contributed by atoms with Crippen LogP contribution in [0.3, 0.4) is 0 Å². The largest absolute Gasteiger partial charge is 0.489 e. The molecule has 0 aliphatic carbocycles. The molecule has 0 aliphatic rings. The van der Waals surface area contributed by atoms with E-state index in [1.165, 1.54) is 7.11 Å². The number of benzene rings is 2. The lowest BCUT2D eigenvalue weighted by Gasteiger charge is -2.22. The third-order valence-corrected chi connectivity index (χ3v) is 4.05. The number of ether oxygens (including phenoxy) is 3. The van der Waals surface area contributed by atoms with Gasteiger partial charge in [0.15, 0.2) is 0 Å². The van der Waals surface area contributed by atoms with Crippen LogP contribution in [0.15, 0.2) is 48.5 Å². The van der Waals surface area contributed by atoms with Gasteiger partial charge in [-0.1, -0.05) is 30.3 Å². The summed E-state index contributed by atoms with van der Waals surface area (Å²) in [7, 11) is 1.36. The topological polar surface area (TPSA) is 73.9 Å². The second-order valence-electron chi connectivity index (χ2n) is 7.83. The first-order valence-electron chi connectivity index (χ1n) is 9.55. The van der Waals surface area contributed by atoms with Gasteiger partial charge in [-0.05, 0) is 57.9 Å². The third kappa shape index (κ3) is 7.49. The maximum atomic E-state index is 11.8. The van der Waals surface area contributed by atoms with Crippen molar-refractivity contribution < 1.29 is 23.8 Å². The molecular weight excluding hydrogens is 370 g/mol. The predicted molar refractivity (Wildman–Crippen MR) is 111 cm³/mol. The van der Waals surface area contributed by atoms with Gasteiger partial charge >= 0.3 is 12.1 Å². The Labute approximate surface area is 172 Å². The van der Waals surface area contributed by atoms with Crippen molar-refractivity contribution in [2.24, 2.45) is 0 Å². The summed E-state index contributed by atoms with van der Waals surface area (Å²) in [5.41, 5.74) is 1.80. The van der Waals surface area contributed by atoms with E-state index in [4.69, 9.17) is 14.2 Å². The first kappa shape index (κ1) is 22.3. The fraction of sp³-hybridized carbons (Fsp3) is 0.391. The Morgan fingerprint density at radius 3 is 2.31 bits per heavy atom. The van der Waals surface area contributed by atoms with Crippen LogP contribution in [-0.2, 0) is 22.5 Å². The minimum Gasteiger partial charge on any atom is -0.489 e. The number of hydrogen-bond acceptors (Lipinski definition) is 5. The molecule has 1 N–H and O–H groups in total. The van der Waals surface area contributed by atoms with Crippen LogP contribution in [-0.4, -0.2) is 30.8 Å². The molecule has 6 nitrogen and oxygen atoms in total. The van der Waals surface area contributed by atoms with Crippen molar-refractivity contribution in [3.8, 4) is 5.75 Å². The summed E-state index contributed by atoms with van der Waals surface area (Å²) < 4.78 is 15.9. The van der Waals surface area contributed by atoms with Gasteiger partial charge in [-0.25, -0.2) is 9.59 Å². The number of esters is 1. The third-order valence-electron chi connectivity index (χ3n) is 4.05. The van der Waals surface area contributed by atoms with E-state index in [1.807, 2.05) is 64.1 Å². The molecule has 0 spiro atoms. The molecule has 0 fully saturated rings. The summed E-state index contributed by atoms with van der Waals surface area (Å²) in [6.07, 6.45) is 0.249. The molecule has 1 amide bonds. The van der Waals surface area contributed by atoms with E-state index < -0.39 is 11.7 Å². The Bertz CT molecular complexity index is 824. The van der Waals surface area contributed by atoms with Crippen molar-refractivity contribution in [3.05, 3.63) is 65.2 Å². The van der Waals surface area contributed by atoms with Gasteiger partial charge in [0.2, 0.25) is 0 Å². The van der Waals surface area contributed by atoms with Gasteiger partial charge < -0.3 is 19.5 Å². The lowest BCUT2D eigenvalue weighted by atomic mass is 10.1. The Hall–Kier alpha value is -3.02. The molecule has 0 radical (unpaired) electrons. The fourth-order valence-corrected chi connectivity index (χ4v) is 2.75. The number of amides is 1. The molecule has 0 aliphatic heterocycles. The Kier molecular flexibility index (Phi) is 7.65. The van der Waals surface area contributed by atoms with Crippen LogP contribution in [0.1, 0.15) is 49.2 Å². The highest BCUT2D eigenvalue weighted by Gasteiger charge is 2.17. The van der Waals surface area contributed by atoms with Gasteiger partial charge in [0.1, 0.15) is 18.0 Å². The SMILES string of the molecule is COC(=O)c1ccccc1COc1ccc(C[C@@H](C)NC(=O)OC(C)(C)C)cc1. The fourth-order valence-electron chi connectivity index (χ4n) is 2.75. The second-order valence-corrected chi connectivity index (χ2v) is 7.83. The van der Waals surface area contributed by atoms with E-state index in [0.717, 1.165) is 11.1 Å². The van der Waals surface area contributed by atoms with Crippen molar-refractivity contribution >= 4 is 12.1 Å². The average Bonchev–Trinajstić information content (AvgIpc) is 2.65. The van der Waals surface area contributed by atoms with Gasteiger partial charge in [0.25, 0.3) is 0 Å². The Morgan fingerprint density at radius 2 is 1.69 bits per heavy atom. The minimum absolute atomic E-state index is 0.0662. The van der Waals surface area contributed by atoms with Gasteiger partial charge in [0.05, 0.1) is 12.7 Å². The summed E-state index contributed by atoms with van der Waals surface area (Å²) in [4.78, 5) is 23.7. The number of hydrogen-bond donors (Lipinski definition) is 1.